The van der Waals surface area contributed by atoms with Gasteiger partial charge in [-0.05, 0) is 25.0 Å². The molecule has 27 heavy (non-hydrogen) atoms. The smallest absolute Gasteiger partial charge is 0.182 e. The van der Waals surface area contributed by atoms with Gasteiger partial charge in [-0.25, -0.2) is 14.6 Å². The predicted octanol–water partition coefficient (Wildman–Crippen LogP) is 4.04. The Morgan fingerprint density at radius 3 is 2.30 bits per heavy atom. The number of hydrogen-bond acceptors (Lipinski definition) is 4. The maximum atomic E-state index is 4.73. The van der Waals surface area contributed by atoms with Crippen LogP contribution in [-0.4, -0.2) is 29.9 Å². The van der Waals surface area contributed by atoms with Gasteiger partial charge < -0.3 is 0 Å². The van der Waals surface area contributed by atoms with Crippen LogP contribution in [0.25, 0.3) is 28.9 Å². The van der Waals surface area contributed by atoms with Crippen molar-refractivity contribution in [2.45, 2.75) is 20.4 Å². The van der Waals surface area contributed by atoms with Crippen LogP contribution in [0.15, 0.2) is 55.1 Å². The standard InChI is InChI=1S/C21H20N6/c1-4-16-9-11-17(12-10-16)13-27-15(3)23-21(26-27)19-8-6-5-7-18(19)20-22-14(2)24-25-20/h4-12H,1,13H2,2-3H3,(H,22,24,25). The van der Waals surface area contributed by atoms with Gasteiger partial charge >= 0.3 is 0 Å². The molecule has 0 saturated heterocycles. The van der Waals surface area contributed by atoms with Crippen LogP contribution in [0, 0.1) is 13.8 Å². The molecule has 2 heterocycles. The highest BCUT2D eigenvalue weighted by Gasteiger charge is 2.15. The highest BCUT2D eigenvalue weighted by molar-refractivity contribution is 5.76. The first-order chi connectivity index (χ1) is 13.1. The van der Waals surface area contributed by atoms with Gasteiger partial charge in [0.15, 0.2) is 11.6 Å². The molecule has 1 N–H and O–H groups in total. The molecule has 2 aromatic heterocycles. The Kier molecular flexibility index (Phi) is 4.38. The molecular formula is C21H20N6. The van der Waals surface area contributed by atoms with Crippen molar-refractivity contribution < 1.29 is 0 Å². The van der Waals surface area contributed by atoms with E-state index in [1.54, 1.807) is 0 Å². The number of aryl methyl sites for hydroxylation is 2. The molecule has 0 aliphatic carbocycles. The van der Waals surface area contributed by atoms with E-state index in [1.165, 1.54) is 0 Å². The summed E-state index contributed by atoms with van der Waals surface area (Å²) in [4.78, 5) is 9.12. The summed E-state index contributed by atoms with van der Waals surface area (Å²) < 4.78 is 1.91. The fourth-order valence-electron chi connectivity index (χ4n) is 2.95. The van der Waals surface area contributed by atoms with E-state index in [9.17, 15) is 0 Å². The molecular weight excluding hydrogens is 336 g/mol. The van der Waals surface area contributed by atoms with Crippen LogP contribution in [0.5, 0.6) is 0 Å². The van der Waals surface area contributed by atoms with Crippen molar-refractivity contribution in [2.24, 2.45) is 0 Å². The van der Waals surface area contributed by atoms with Crippen LogP contribution in [0.3, 0.4) is 0 Å². The Bertz CT molecular complexity index is 1090. The molecule has 0 bridgehead atoms. The summed E-state index contributed by atoms with van der Waals surface area (Å²) in [7, 11) is 0. The van der Waals surface area contributed by atoms with Gasteiger partial charge in [0.2, 0.25) is 0 Å². The lowest BCUT2D eigenvalue weighted by atomic mass is 10.1. The molecule has 4 rings (SSSR count). The molecule has 134 valence electrons. The van der Waals surface area contributed by atoms with Crippen molar-refractivity contribution in [3.63, 3.8) is 0 Å². The van der Waals surface area contributed by atoms with Gasteiger partial charge in [-0.1, -0.05) is 61.2 Å². The minimum atomic E-state index is 0.650. The van der Waals surface area contributed by atoms with Crippen LogP contribution >= 0.6 is 0 Å². The lowest BCUT2D eigenvalue weighted by Gasteiger charge is -2.04. The summed E-state index contributed by atoms with van der Waals surface area (Å²) in [5.74, 6) is 2.96. The Balaban J connectivity index is 1.68. The first-order valence-corrected chi connectivity index (χ1v) is 8.75. The number of H-pyrrole nitrogens is 1. The van der Waals surface area contributed by atoms with Crippen LogP contribution in [0.1, 0.15) is 22.8 Å². The van der Waals surface area contributed by atoms with E-state index >= 15 is 0 Å². The van der Waals surface area contributed by atoms with Gasteiger partial charge in [0.05, 0.1) is 6.54 Å². The second-order valence-electron chi connectivity index (χ2n) is 6.38. The largest absolute Gasteiger partial charge is 0.263 e. The number of rotatable bonds is 5. The van der Waals surface area contributed by atoms with E-state index in [0.29, 0.717) is 18.2 Å². The normalized spacial score (nSPS) is 10.9. The van der Waals surface area contributed by atoms with E-state index in [1.807, 2.05) is 48.9 Å². The molecule has 0 unspecified atom stereocenters. The summed E-state index contributed by atoms with van der Waals surface area (Å²) in [5, 5.41) is 11.9. The Morgan fingerprint density at radius 1 is 0.963 bits per heavy atom. The van der Waals surface area contributed by atoms with Crippen LogP contribution in [0.4, 0.5) is 0 Å². The zero-order valence-electron chi connectivity index (χ0n) is 15.3. The number of hydrogen-bond donors (Lipinski definition) is 1. The fourth-order valence-corrected chi connectivity index (χ4v) is 2.95. The average molecular weight is 356 g/mol. The van der Waals surface area contributed by atoms with Gasteiger partial charge in [-0.3, -0.25) is 5.10 Å². The lowest BCUT2D eigenvalue weighted by Crippen LogP contribution is -2.04. The molecule has 0 atom stereocenters. The van der Waals surface area contributed by atoms with Crippen molar-refractivity contribution in [3.05, 3.63) is 77.9 Å². The van der Waals surface area contributed by atoms with Crippen LogP contribution in [0.2, 0.25) is 0 Å². The second kappa shape index (κ2) is 6.99. The van der Waals surface area contributed by atoms with E-state index in [4.69, 9.17) is 5.10 Å². The first kappa shape index (κ1) is 16.9. The summed E-state index contributed by atoms with van der Waals surface area (Å²) in [5.41, 5.74) is 4.10. The number of aromatic amines is 1. The van der Waals surface area contributed by atoms with Crippen molar-refractivity contribution >= 4 is 6.08 Å². The molecule has 0 aliphatic heterocycles. The van der Waals surface area contributed by atoms with Crippen molar-refractivity contribution in [3.8, 4) is 22.8 Å². The molecule has 0 aliphatic rings. The third kappa shape index (κ3) is 3.42. The summed E-state index contributed by atoms with van der Waals surface area (Å²) in [6.07, 6.45) is 1.84. The van der Waals surface area contributed by atoms with Crippen molar-refractivity contribution in [1.82, 2.24) is 29.9 Å². The zero-order valence-corrected chi connectivity index (χ0v) is 15.3. The molecule has 4 aromatic rings. The van der Waals surface area contributed by atoms with Gasteiger partial charge in [-0.2, -0.15) is 10.2 Å². The van der Waals surface area contributed by atoms with Gasteiger partial charge in [-0.15, -0.1) is 0 Å². The zero-order chi connectivity index (χ0) is 18.8. The predicted molar refractivity (Wildman–Crippen MR) is 106 cm³/mol. The maximum Gasteiger partial charge on any atom is 0.182 e. The van der Waals surface area contributed by atoms with E-state index in [-0.39, 0.29) is 0 Å². The second-order valence-corrected chi connectivity index (χ2v) is 6.38. The molecule has 0 saturated carbocycles. The van der Waals surface area contributed by atoms with Gasteiger partial charge in [0.25, 0.3) is 0 Å². The lowest BCUT2D eigenvalue weighted by molar-refractivity contribution is 0.662. The molecule has 0 spiro atoms. The summed E-state index contributed by atoms with van der Waals surface area (Å²) in [6.45, 7) is 8.30. The molecule has 0 amide bonds. The van der Waals surface area contributed by atoms with Crippen LogP contribution in [-0.2, 0) is 6.54 Å². The number of nitrogens with one attached hydrogen (secondary N) is 1. The number of nitrogens with zero attached hydrogens (tertiary/aromatic N) is 5. The van der Waals surface area contributed by atoms with Crippen molar-refractivity contribution in [1.29, 1.82) is 0 Å². The molecule has 2 aromatic carbocycles. The van der Waals surface area contributed by atoms with E-state index in [2.05, 4.69) is 51.0 Å². The summed E-state index contributed by atoms with van der Waals surface area (Å²) >= 11 is 0. The van der Waals surface area contributed by atoms with Crippen LogP contribution < -0.4 is 0 Å². The maximum absolute atomic E-state index is 4.73. The fraction of sp³-hybridized carbons (Fsp3) is 0.143. The SMILES string of the molecule is C=Cc1ccc(Cn2nc(-c3ccccc3-c3n[nH]c(C)n3)nc2C)cc1. The third-order valence-electron chi connectivity index (χ3n) is 4.41. The monoisotopic (exact) mass is 356 g/mol. The minimum absolute atomic E-state index is 0.650. The van der Waals surface area contributed by atoms with Crippen molar-refractivity contribution in [2.75, 3.05) is 0 Å². The summed E-state index contributed by atoms with van der Waals surface area (Å²) in [6, 6.07) is 16.2. The Morgan fingerprint density at radius 2 is 1.67 bits per heavy atom. The molecule has 6 heteroatoms. The Hall–Kier alpha value is -3.54. The molecule has 0 fully saturated rings. The topological polar surface area (TPSA) is 72.3 Å². The first-order valence-electron chi connectivity index (χ1n) is 8.75. The van der Waals surface area contributed by atoms with Gasteiger partial charge in [0.1, 0.15) is 11.6 Å². The average Bonchev–Trinajstić information content (AvgIpc) is 3.28. The van der Waals surface area contributed by atoms with E-state index < -0.39 is 0 Å². The highest BCUT2D eigenvalue weighted by Crippen LogP contribution is 2.28. The Labute approximate surface area is 157 Å². The quantitative estimate of drug-likeness (QED) is 0.586. The number of benzene rings is 2. The van der Waals surface area contributed by atoms with Gasteiger partial charge in [0, 0.05) is 11.1 Å². The molecule has 6 nitrogen and oxygen atoms in total. The molecule has 0 radical (unpaired) electrons. The highest BCUT2D eigenvalue weighted by atomic mass is 15.3. The third-order valence-corrected chi connectivity index (χ3v) is 4.41. The van der Waals surface area contributed by atoms with E-state index in [0.717, 1.165) is 33.9 Å². The number of aromatic nitrogens is 6. The minimum Gasteiger partial charge on any atom is -0.263 e.